The van der Waals surface area contributed by atoms with Gasteiger partial charge in [-0.3, -0.25) is 23.8 Å². The minimum absolute atomic E-state index is 0.0209. The fraction of sp³-hybridized carbons (Fsp3) is 0.429. The van der Waals surface area contributed by atoms with E-state index in [4.69, 9.17) is 15.7 Å². The molecule has 0 aromatic carbocycles. The molecular weight excluding hydrogens is 476 g/mol. The van der Waals surface area contributed by atoms with E-state index in [0.29, 0.717) is 0 Å². The number of carboxylic acid groups (broad SMARTS) is 1. The fourth-order valence-electron chi connectivity index (χ4n) is 2.29. The first-order valence-electron chi connectivity index (χ1n) is 8.36. The van der Waals surface area contributed by atoms with Gasteiger partial charge in [-0.2, -0.15) is 12.7 Å². The second-order valence-electron chi connectivity index (χ2n) is 6.60. The maximum absolute atomic E-state index is 12.8. The summed E-state index contributed by atoms with van der Waals surface area (Å²) < 4.78 is 31.9. The zero-order valence-corrected chi connectivity index (χ0v) is 18.3. The molecule has 2 heterocycles. The van der Waals surface area contributed by atoms with E-state index in [0.717, 1.165) is 32.3 Å². The van der Waals surface area contributed by atoms with Crippen LogP contribution in [0.5, 0.6) is 0 Å². The van der Waals surface area contributed by atoms with Gasteiger partial charge in [0.25, 0.3) is 17.7 Å². The summed E-state index contributed by atoms with van der Waals surface area (Å²) in [5, 5.41) is 16.0. The molecule has 1 aromatic heterocycles. The predicted octanol–water partition coefficient (Wildman–Crippen LogP) is -2.51. The second-order valence-corrected chi connectivity index (χ2v) is 8.77. The van der Waals surface area contributed by atoms with Crippen molar-refractivity contribution in [2.24, 2.45) is 5.16 Å². The number of aromatic nitrogens is 1. The van der Waals surface area contributed by atoms with Crippen molar-refractivity contribution >= 4 is 56.2 Å². The van der Waals surface area contributed by atoms with Crippen LogP contribution in [-0.2, 0) is 39.2 Å². The molecule has 1 saturated heterocycles. The molecule has 0 saturated carbocycles. The van der Waals surface area contributed by atoms with Gasteiger partial charge >= 0.3 is 16.3 Å². The van der Waals surface area contributed by atoms with Gasteiger partial charge < -0.3 is 21.0 Å². The second kappa shape index (κ2) is 9.02. The van der Waals surface area contributed by atoms with Crippen LogP contribution in [0.3, 0.4) is 0 Å². The lowest BCUT2D eigenvalue weighted by Crippen LogP contribution is -2.76. The zero-order chi connectivity index (χ0) is 24.4. The molecule has 1 aromatic rings. The van der Waals surface area contributed by atoms with Crippen LogP contribution in [0.2, 0.25) is 0 Å². The molecule has 32 heavy (non-hydrogen) atoms. The molecule has 0 aliphatic carbocycles. The summed E-state index contributed by atoms with van der Waals surface area (Å²) in [6.45, 7) is 2.29. The minimum atomic E-state index is -5.14. The third-order valence-corrected chi connectivity index (χ3v) is 5.50. The number of aliphatic carboxylic acids is 1. The predicted molar refractivity (Wildman–Crippen MR) is 105 cm³/mol. The number of hydrogen-bond acceptors (Lipinski definition) is 12. The summed E-state index contributed by atoms with van der Waals surface area (Å²) in [5.74, 6) is -5.09. The van der Waals surface area contributed by atoms with Gasteiger partial charge in [0.1, 0.15) is 11.7 Å². The van der Waals surface area contributed by atoms with Crippen LogP contribution in [-0.4, -0.2) is 81.6 Å². The Kier molecular flexibility index (Phi) is 7.03. The van der Waals surface area contributed by atoms with Crippen LogP contribution in [0.4, 0.5) is 5.13 Å². The lowest BCUT2D eigenvalue weighted by molar-refractivity contribution is -0.161. The average Bonchev–Trinajstić information content (AvgIpc) is 3.08. The van der Waals surface area contributed by atoms with Gasteiger partial charge in [0.05, 0.1) is 7.11 Å². The summed E-state index contributed by atoms with van der Waals surface area (Å²) in [4.78, 5) is 61.4. The van der Waals surface area contributed by atoms with Gasteiger partial charge in [0.2, 0.25) is 5.60 Å². The highest BCUT2D eigenvalue weighted by Crippen LogP contribution is 2.24. The number of carbonyl (C=O) groups excluding carboxylic acids is 3. The highest BCUT2D eigenvalue weighted by molar-refractivity contribution is 7.84. The molecule has 1 fully saturated rings. The number of rotatable bonds is 9. The molecule has 1 aliphatic heterocycles. The van der Waals surface area contributed by atoms with Crippen molar-refractivity contribution in [1.82, 2.24) is 20.1 Å². The molecule has 0 radical (unpaired) electrons. The number of amides is 3. The molecule has 3 amide bonds. The van der Waals surface area contributed by atoms with Crippen LogP contribution in [0.15, 0.2) is 10.5 Å². The number of oxime groups is 1. The third-order valence-electron chi connectivity index (χ3n) is 3.92. The van der Waals surface area contributed by atoms with E-state index in [1.165, 1.54) is 5.38 Å². The first kappa shape index (κ1) is 24.9. The summed E-state index contributed by atoms with van der Waals surface area (Å²) in [6, 6.07) is -3.65. The topological polar surface area (TPSA) is 240 Å². The smallest absolute Gasteiger partial charge is 0.363 e. The van der Waals surface area contributed by atoms with Crippen molar-refractivity contribution in [1.29, 1.82) is 0 Å². The van der Waals surface area contributed by atoms with Gasteiger partial charge in [0.15, 0.2) is 16.9 Å². The average molecular weight is 494 g/mol. The Labute approximate surface area is 184 Å². The van der Waals surface area contributed by atoms with Crippen LogP contribution in [0.1, 0.15) is 19.5 Å². The van der Waals surface area contributed by atoms with E-state index >= 15 is 0 Å². The SMILES string of the molecule is CONC(=O)[C@H]1[C@@H](NC(=O)C(=NOC(C)(C)C(=O)O)c2csc(N)n2)C(=O)N1S(=O)(=O)O. The van der Waals surface area contributed by atoms with Crippen molar-refractivity contribution in [3.63, 3.8) is 0 Å². The minimum Gasteiger partial charge on any atom is -0.478 e. The van der Waals surface area contributed by atoms with E-state index < -0.39 is 57.4 Å². The maximum atomic E-state index is 12.8. The van der Waals surface area contributed by atoms with Crippen LogP contribution in [0.25, 0.3) is 0 Å². The Morgan fingerprint density at radius 3 is 2.47 bits per heavy atom. The number of nitrogens with two attached hydrogens (primary N) is 1. The first-order valence-corrected chi connectivity index (χ1v) is 10.6. The standard InChI is InChI=1S/C14H18N6O10S2/c1-14(2,12(24)25)30-18-6(5-4-31-13(15)16-5)9(21)17-7-8(10(22)19-29-3)20(11(7)23)32(26,27)28/h4,7-8H,1-3H3,(H2,15,16)(H,17,21)(H,19,22)(H,24,25)(H,26,27,28)/t7-,8-/m1/s1. The van der Waals surface area contributed by atoms with Crippen LogP contribution in [0, 0.1) is 0 Å². The van der Waals surface area contributed by atoms with Crippen molar-refractivity contribution < 1.29 is 46.9 Å². The highest BCUT2D eigenvalue weighted by atomic mass is 32.2. The lowest BCUT2D eigenvalue weighted by Gasteiger charge is -2.42. The Balaban J connectivity index is 2.36. The molecule has 18 heteroatoms. The Bertz CT molecular complexity index is 1080. The lowest BCUT2D eigenvalue weighted by atomic mass is 9.97. The number of carboxylic acids is 1. The summed E-state index contributed by atoms with van der Waals surface area (Å²) in [7, 11) is -4.11. The molecule has 0 unspecified atom stereocenters. The molecule has 176 valence electrons. The van der Waals surface area contributed by atoms with Crippen molar-refractivity contribution in [3.05, 3.63) is 11.1 Å². The molecule has 0 spiro atoms. The molecule has 2 rings (SSSR count). The normalized spacial score (nSPS) is 19.2. The van der Waals surface area contributed by atoms with E-state index in [1.807, 2.05) is 0 Å². The molecule has 16 nitrogen and oxygen atoms in total. The van der Waals surface area contributed by atoms with Gasteiger partial charge in [-0.05, 0) is 13.8 Å². The number of nitrogen functional groups attached to an aromatic ring is 1. The fourth-order valence-corrected chi connectivity index (χ4v) is 3.68. The number of nitrogens with zero attached hydrogens (tertiary/aromatic N) is 3. The van der Waals surface area contributed by atoms with E-state index in [1.54, 1.807) is 5.48 Å². The number of thiazole rings is 1. The summed E-state index contributed by atoms with van der Waals surface area (Å²) >= 11 is 0.911. The zero-order valence-electron chi connectivity index (χ0n) is 16.6. The molecule has 2 atom stereocenters. The molecular formula is C14H18N6O10S2. The summed E-state index contributed by atoms with van der Waals surface area (Å²) in [6.07, 6.45) is 0. The number of nitrogens with one attached hydrogen (secondary N) is 2. The van der Waals surface area contributed by atoms with Gasteiger partial charge in [-0.25, -0.2) is 15.3 Å². The third kappa shape index (κ3) is 5.10. The molecule has 0 bridgehead atoms. The number of hydroxylamine groups is 1. The van der Waals surface area contributed by atoms with Crippen molar-refractivity contribution in [2.45, 2.75) is 31.5 Å². The van der Waals surface area contributed by atoms with Gasteiger partial charge in [-0.1, -0.05) is 5.16 Å². The van der Waals surface area contributed by atoms with Gasteiger partial charge in [-0.15, -0.1) is 11.3 Å². The molecule has 1 aliphatic rings. The Hall–Kier alpha value is -3.35. The van der Waals surface area contributed by atoms with Crippen molar-refractivity contribution in [3.8, 4) is 0 Å². The quantitative estimate of drug-likeness (QED) is 0.103. The van der Waals surface area contributed by atoms with E-state index in [-0.39, 0.29) is 15.1 Å². The van der Waals surface area contributed by atoms with E-state index in [9.17, 15) is 32.1 Å². The Morgan fingerprint density at radius 2 is 2.00 bits per heavy atom. The number of β-lactam (4-membered cyclic amide) rings is 1. The Morgan fingerprint density at radius 1 is 1.38 bits per heavy atom. The first-order chi connectivity index (χ1) is 14.7. The monoisotopic (exact) mass is 494 g/mol. The number of carbonyl (C=O) groups is 4. The maximum Gasteiger partial charge on any atom is 0.363 e. The number of hydrogen-bond donors (Lipinski definition) is 5. The van der Waals surface area contributed by atoms with Crippen LogP contribution < -0.4 is 16.5 Å². The highest BCUT2D eigenvalue weighted by Gasteiger charge is 2.58. The molecule has 6 N–H and O–H groups in total. The number of anilines is 1. The van der Waals surface area contributed by atoms with E-state index in [2.05, 4.69) is 20.3 Å². The van der Waals surface area contributed by atoms with Crippen molar-refractivity contribution in [2.75, 3.05) is 12.8 Å². The van der Waals surface area contributed by atoms with Gasteiger partial charge in [0, 0.05) is 5.38 Å². The van der Waals surface area contributed by atoms with Crippen LogP contribution >= 0.6 is 11.3 Å². The summed E-state index contributed by atoms with van der Waals surface area (Å²) in [5.41, 5.74) is 4.70. The largest absolute Gasteiger partial charge is 0.478 e.